The van der Waals surface area contributed by atoms with E-state index in [9.17, 15) is 0 Å². The van der Waals surface area contributed by atoms with Gasteiger partial charge < -0.3 is 0 Å². The first-order chi connectivity index (χ1) is 9.42. The minimum absolute atomic E-state index is 0.384. The van der Waals surface area contributed by atoms with E-state index in [1.807, 2.05) is 0 Å². The Morgan fingerprint density at radius 3 is 2.40 bits per heavy atom. The van der Waals surface area contributed by atoms with Crippen LogP contribution in [0.2, 0.25) is 3.12 Å². The molecule has 0 fully saturated rings. The Bertz CT molecular complexity index is 660. The molecule has 102 valence electrons. The molecule has 1 aromatic rings. The summed E-state index contributed by atoms with van der Waals surface area (Å²) in [6.45, 7) is 11.7. The average Bonchev–Trinajstić information content (AvgIpc) is 2.82. The molecular weight excluding hydrogens is 319 g/mol. The molecule has 0 radical (unpaired) electrons. The van der Waals surface area contributed by atoms with Crippen LogP contribution in [0.3, 0.4) is 0 Å². The van der Waals surface area contributed by atoms with Crippen molar-refractivity contribution in [1.82, 2.24) is 0 Å². The second-order valence-corrected chi connectivity index (χ2v) is 11.1. The van der Waals surface area contributed by atoms with Crippen LogP contribution in [0, 0.1) is 0 Å². The fourth-order valence-corrected chi connectivity index (χ4v) is 8.45. The van der Waals surface area contributed by atoms with Gasteiger partial charge in [-0.2, -0.15) is 0 Å². The minimum atomic E-state index is -0.636. The van der Waals surface area contributed by atoms with E-state index in [-0.39, 0.29) is 0 Å². The van der Waals surface area contributed by atoms with Crippen LogP contribution < -0.4 is 0 Å². The van der Waals surface area contributed by atoms with Crippen molar-refractivity contribution in [2.24, 2.45) is 0 Å². The molecule has 0 heterocycles. The second kappa shape index (κ2) is 4.95. The molecule has 20 heavy (non-hydrogen) atoms. The molecule has 2 aliphatic carbocycles. The Morgan fingerprint density at radius 2 is 1.75 bits per heavy atom. The van der Waals surface area contributed by atoms with E-state index in [2.05, 4.69) is 71.0 Å². The van der Waals surface area contributed by atoms with Crippen molar-refractivity contribution >= 4 is 6.08 Å². The van der Waals surface area contributed by atoms with Crippen molar-refractivity contribution in [3.63, 3.8) is 0 Å². The number of hydrogen-bond donors (Lipinski definition) is 0. The van der Waals surface area contributed by atoms with Crippen LogP contribution in [0.1, 0.15) is 49.4 Å². The van der Waals surface area contributed by atoms with Crippen molar-refractivity contribution in [3.8, 4) is 0 Å². The third-order valence-corrected chi connectivity index (χ3v) is 10.4. The summed E-state index contributed by atoms with van der Waals surface area (Å²) in [5, 5.41) is 0. The van der Waals surface area contributed by atoms with E-state index in [1.54, 1.807) is 16.7 Å². The number of fused-ring (bicyclic) bond motifs is 1. The maximum absolute atomic E-state index is 2.55. The van der Waals surface area contributed by atoms with Gasteiger partial charge in [-0.15, -0.1) is 0 Å². The maximum atomic E-state index is 2.55. The van der Waals surface area contributed by atoms with E-state index in [0.717, 1.165) is 3.63 Å². The Kier molecular flexibility index (Phi) is 3.53. The van der Waals surface area contributed by atoms with Crippen LogP contribution in [-0.2, 0) is 23.2 Å². The van der Waals surface area contributed by atoms with Crippen LogP contribution in [0.4, 0.5) is 0 Å². The Hall–Kier alpha value is -0.677. The number of hydrogen-bond acceptors (Lipinski definition) is 0. The van der Waals surface area contributed by atoms with Gasteiger partial charge in [0.15, 0.2) is 0 Å². The fourth-order valence-electron chi connectivity index (χ4n) is 3.46. The van der Waals surface area contributed by atoms with Crippen molar-refractivity contribution in [2.75, 3.05) is 0 Å². The number of allylic oxidation sites excluding steroid dienone is 5. The zero-order valence-corrected chi connectivity index (χ0v) is 15.5. The molecule has 0 amide bonds. The number of rotatable bonds is 2. The summed E-state index contributed by atoms with van der Waals surface area (Å²) in [6.07, 6.45) is 4.96. The van der Waals surface area contributed by atoms with Gasteiger partial charge in [-0.25, -0.2) is 0 Å². The summed E-state index contributed by atoms with van der Waals surface area (Å²) < 4.78 is 1.12. The molecule has 0 spiro atoms. The zero-order valence-electron chi connectivity index (χ0n) is 13.0. The van der Waals surface area contributed by atoms with Gasteiger partial charge in [0.1, 0.15) is 0 Å². The van der Waals surface area contributed by atoms with Gasteiger partial charge in [-0.05, 0) is 0 Å². The SMILES string of the molecule is CC1=C[C](C)([Zr][CH]2C(C)=Cc3ccccc32)C(C)=C1C. The molecule has 2 unspecified atom stereocenters. The molecule has 2 atom stereocenters. The molecule has 0 bridgehead atoms. The summed E-state index contributed by atoms with van der Waals surface area (Å²) in [5.41, 5.74) is 9.28. The molecular formula is C19H22Zr. The normalized spacial score (nSPS) is 28.4. The first-order valence-corrected chi connectivity index (χ1v) is 10.00. The van der Waals surface area contributed by atoms with E-state index in [4.69, 9.17) is 0 Å². The van der Waals surface area contributed by atoms with E-state index < -0.39 is 23.2 Å². The monoisotopic (exact) mass is 340 g/mol. The summed E-state index contributed by atoms with van der Waals surface area (Å²) in [5.74, 6) is 0. The van der Waals surface area contributed by atoms with Crippen molar-refractivity contribution in [3.05, 3.63) is 63.8 Å². The van der Waals surface area contributed by atoms with Gasteiger partial charge in [-0.1, -0.05) is 0 Å². The standard InChI is InChI=1S/C10H9.C9H13.Zr/c1-8-6-9-4-2-3-5-10(9)7-8;1-6-5-7(2)9(4)8(6)3;/h2-7H,1H3;5H,1-4H3;. The topological polar surface area (TPSA) is 0 Å². The molecule has 0 saturated carbocycles. The number of benzene rings is 1. The van der Waals surface area contributed by atoms with Crippen LogP contribution >= 0.6 is 0 Å². The zero-order chi connectivity index (χ0) is 14.5. The Morgan fingerprint density at radius 1 is 1.05 bits per heavy atom. The third kappa shape index (κ3) is 2.15. The summed E-state index contributed by atoms with van der Waals surface area (Å²) in [4.78, 5) is 0. The van der Waals surface area contributed by atoms with Gasteiger partial charge in [0.05, 0.1) is 0 Å². The predicted molar refractivity (Wildman–Crippen MR) is 83.3 cm³/mol. The van der Waals surface area contributed by atoms with Crippen LogP contribution in [0.15, 0.2) is 52.6 Å². The van der Waals surface area contributed by atoms with E-state index in [1.165, 1.54) is 16.7 Å². The second-order valence-electron chi connectivity index (χ2n) is 6.37. The molecule has 0 aromatic heterocycles. The summed E-state index contributed by atoms with van der Waals surface area (Å²) >= 11 is -0.636. The predicted octanol–water partition coefficient (Wildman–Crippen LogP) is 5.70. The Labute approximate surface area is 134 Å². The van der Waals surface area contributed by atoms with Gasteiger partial charge in [0.25, 0.3) is 0 Å². The first-order valence-electron chi connectivity index (χ1n) is 7.35. The van der Waals surface area contributed by atoms with Crippen LogP contribution in [0.5, 0.6) is 0 Å². The fraction of sp³-hybridized carbons (Fsp3) is 0.368. The summed E-state index contributed by atoms with van der Waals surface area (Å²) in [6, 6.07) is 8.97. The quantitative estimate of drug-likeness (QED) is 0.647. The molecule has 1 heteroatoms. The van der Waals surface area contributed by atoms with Gasteiger partial charge in [-0.3, -0.25) is 0 Å². The Balaban J connectivity index is 1.96. The van der Waals surface area contributed by atoms with Crippen LogP contribution in [0.25, 0.3) is 6.08 Å². The molecule has 3 rings (SSSR count). The molecule has 2 aliphatic rings. The summed E-state index contributed by atoms with van der Waals surface area (Å²) in [7, 11) is 0. The average molecular weight is 342 g/mol. The van der Waals surface area contributed by atoms with Crippen molar-refractivity contribution in [1.29, 1.82) is 0 Å². The molecule has 0 aliphatic heterocycles. The van der Waals surface area contributed by atoms with Gasteiger partial charge >= 0.3 is 134 Å². The van der Waals surface area contributed by atoms with Gasteiger partial charge in [0.2, 0.25) is 0 Å². The van der Waals surface area contributed by atoms with Crippen LogP contribution in [-0.4, -0.2) is 0 Å². The van der Waals surface area contributed by atoms with Gasteiger partial charge in [0, 0.05) is 0 Å². The molecule has 0 nitrogen and oxygen atoms in total. The van der Waals surface area contributed by atoms with Crippen molar-refractivity contribution < 1.29 is 23.2 Å². The third-order valence-electron chi connectivity index (χ3n) is 5.03. The molecule has 0 saturated heterocycles. The van der Waals surface area contributed by atoms with E-state index in [0.29, 0.717) is 3.12 Å². The van der Waals surface area contributed by atoms with Crippen molar-refractivity contribution in [2.45, 2.75) is 41.4 Å². The first kappa shape index (κ1) is 14.3. The van der Waals surface area contributed by atoms with E-state index >= 15 is 0 Å². The molecule has 0 N–H and O–H groups in total. The molecule has 1 aromatic carbocycles.